The molecule has 0 bridgehead atoms. The van der Waals surface area contributed by atoms with Gasteiger partial charge in [-0.2, -0.15) is 0 Å². The molecular formula is C76H135N7W6-6. The molecular weight excluding hydrogens is 2110 g/mol. The standard InChI is InChI=1S/C10H12N.C9H11N2.2C9H10N.C8H8N.C7H6N.C3H8.7C2H6.7CH4.6W/c1-3-9-7-5-6-8-10(9)11-4-2;1-2-8-5-3-4-6-9(8)11-7-10;1-3-8-6-4-5-7-9(8)10-2;1-3-10-9-7-5-4-6-8(9)2;1-7-5-3-4-6-8(7)9-2;1-6-4-2-3-5-7(6)8;1-3-2;7*1-2;;;;;;;;;;;;;/h5-8H,4H2,1-2H3;3-6H,7,10H2,1H3;4-7H,1-2H3;2,4-7H,3H2,1H3;1,3-6H,2H3;1-5,8H;3H2,1-2H3;7*1-2H3;7*1H4;;;;;;/q6*-1;;;;;;;;;;;;;;;;;;;;;. The average molecular weight is 2250 g/mol. The van der Waals surface area contributed by atoms with Crippen molar-refractivity contribution in [2.75, 3.05) is 33.9 Å². The van der Waals surface area contributed by atoms with Crippen molar-refractivity contribution in [3.8, 4) is 0 Å². The van der Waals surface area contributed by atoms with Gasteiger partial charge < -0.3 is 0 Å². The third-order valence-electron chi connectivity index (χ3n) is 8.47. The predicted molar refractivity (Wildman–Crippen MR) is 407 cm³/mol. The Hall–Kier alpha value is -2.57. The SMILES string of the molecule is C.C.C.C.C.C.C.CC.CC.CC.CC.CC.CC.CC.CCC.CC[N-]c1ccccc1[CH]=[W].CC[N-]c1ccccc1[C](C)=[W].C[C](=[W])c1ccccc1[N-]CN.C[N-]c1ccccc1[CH]=[W].C[N-]c1ccccc1[C](C)=[W].[NH-]c1ccccc1[CH]=[W]. The molecule has 6 aromatic carbocycles. The van der Waals surface area contributed by atoms with Crippen LogP contribution in [0.25, 0.3) is 32.3 Å². The van der Waals surface area contributed by atoms with Gasteiger partial charge in [0.05, 0.1) is 0 Å². The molecule has 0 fully saturated rings. The van der Waals surface area contributed by atoms with Crippen molar-refractivity contribution in [1.82, 2.24) is 0 Å². The van der Waals surface area contributed by atoms with Crippen LogP contribution in [0.2, 0.25) is 0 Å². The van der Waals surface area contributed by atoms with Gasteiger partial charge in [0.2, 0.25) is 0 Å². The number of rotatable bonds is 14. The maximum atomic E-state index is 7.35. The van der Waals surface area contributed by atoms with E-state index in [0.717, 1.165) is 47.1 Å². The molecule has 0 amide bonds. The third kappa shape index (κ3) is 66.7. The van der Waals surface area contributed by atoms with Crippen LogP contribution in [-0.2, 0) is 116 Å². The molecule has 0 saturated carbocycles. The summed E-state index contributed by atoms with van der Waals surface area (Å²) >= 11 is 8.83. The molecule has 0 spiro atoms. The Morgan fingerprint density at radius 3 is 0.831 bits per heavy atom. The van der Waals surface area contributed by atoms with Crippen LogP contribution in [-0.4, -0.2) is 58.7 Å². The molecule has 13 heteroatoms. The fourth-order valence-electron chi connectivity index (χ4n) is 5.35. The second-order valence-electron chi connectivity index (χ2n) is 13.7. The van der Waals surface area contributed by atoms with Crippen LogP contribution in [0.1, 0.15) is 237 Å². The maximum absolute atomic E-state index is 7.35. The topological polar surface area (TPSA) is 120 Å². The van der Waals surface area contributed by atoms with E-state index < -0.39 is 0 Å². The summed E-state index contributed by atoms with van der Waals surface area (Å²) < 4.78 is 10.5. The second kappa shape index (κ2) is 99.0. The zero-order chi connectivity index (χ0) is 65.1. The van der Waals surface area contributed by atoms with E-state index in [1.165, 1.54) is 162 Å². The summed E-state index contributed by atoms with van der Waals surface area (Å²) in [5, 5.41) is 21.3. The van der Waals surface area contributed by atoms with Crippen LogP contribution in [0.3, 0.4) is 0 Å². The fourth-order valence-corrected chi connectivity index (χ4v) is 9.38. The molecule has 7 nitrogen and oxygen atoms in total. The van der Waals surface area contributed by atoms with Gasteiger partial charge in [-0.1, -0.05) is 169 Å². The Morgan fingerprint density at radius 2 is 0.584 bits per heavy atom. The number of para-hydroxylation sites is 5. The first-order valence-corrected chi connectivity index (χ1v) is 38.3. The van der Waals surface area contributed by atoms with Crippen molar-refractivity contribution >= 4 is 59.0 Å². The molecule has 6 rings (SSSR count). The van der Waals surface area contributed by atoms with E-state index >= 15 is 0 Å². The van der Waals surface area contributed by atoms with E-state index in [1.807, 2.05) is 200 Å². The van der Waals surface area contributed by atoms with Crippen molar-refractivity contribution in [3.05, 3.63) is 211 Å². The zero-order valence-corrected chi connectivity index (χ0v) is 72.3. The van der Waals surface area contributed by atoms with Gasteiger partial charge in [-0.15, -0.1) is 0 Å². The number of hydrogen-bond donors (Lipinski definition) is 1. The van der Waals surface area contributed by atoms with Gasteiger partial charge in [0.1, 0.15) is 0 Å². The van der Waals surface area contributed by atoms with E-state index in [0.29, 0.717) is 12.4 Å². The van der Waals surface area contributed by atoms with E-state index in [-0.39, 0.29) is 52.0 Å². The molecule has 0 aromatic heterocycles. The van der Waals surface area contributed by atoms with Gasteiger partial charge in [0, 0.05) is 0 Å². The van der Waals surface area contributed by atoms with Gasteiger partial charge in [-0.05, 0) is 0 Å². The van der Waals surface area contributed by atoms with Gasteiger partial charge in [-0.3, -0.25) is 0 Å². The Kier molecular flexibility index (Phi) is 138. The average Bonchev–Trinajstić information content (AvgIpc) is 3.54. The summed E-state index contributed by atoms with van der Waals surface area (Å²) in [5.41, 5.74) is 26.1. The fraction of sp³-hybridized carbons (Fsp3) is 0.447. The first-order chi connectivity index (χ1) is 39.8. The molecule has 0 aliphatic carbocycles. The molecule has 516 valence electrons. The van der Waals surface area contributed by atoms with Crippen LogP contribution >= 0.6 is 0 Å². The first-order valence-electron chi connectivity index (χ1n) is 28.8. The van der Waals surface area contributed by atoms with Gasteiger partial charge in [-0.25, -0.2) is 0 Å². The summed E-state index contributed by atoms with van der Waals surface area (Å²) in [7, 11) is 3.65. The zero-order valence-electron chi connectivity index (χ0n) is 54.7. The summed E-state index contributed by atoms with van der Waals surface area (Å²) in [6, 6.07) is 48.6. The van der Waals surface area contributed by atoms with E-state index in [4.69, 9.17) is 11.5 Å². The Morgan fingerprint density at radius 1 is 0.360 bits per heavy atom. The first kappa shape index (κ1) is 124. The molecule has 0 aliphatic heterocycles. The van der Waals surface area contributed by atoms with E-state index in [2.05, 4.69) is 138 Å². The molecule has 6 aromatic rings. The molecule has 0 aliphatic rings. The molecule has 0 radical (unpaired) electrons. The van der Waals surface area contributed by atoms with Gasteiger partial charge >= 0.3 is 461 Å². The van der Waals surface area contributed by atoms with Crippen LogP contribution in [0, 0.1) is 0 Å². The second-order valence-corrected chi connectivity index (χ2v) is 22.9. The Balaban J connectivity index is -0.0000000533. The van der Waals surface area contributed by atoms with Crippen LogP contribution in [0.15, 0.2) is 146 Å². The van der Waals surface area contributed by atoms with Crippen LogP contribution in [0.5, 0.6) is 0 Å². The molecule has 0 saturated heterocycles. The molecule has 89 heavy (non-hydrogen) atoms. The number of nitrogens with one attached hydrogen (secondary N) is 1. The monoisotopic (exact) mass is 2250 g/mol. The molecule has 0 unspecified atom stereocenters. The predicted octanol–water partition coefficient (Wildman–Crippen LogP) is 26.5. The van der Waals surface area contributed by atoms with Gasteiger partial charge in [0.15, 0.2) is 0 Å². The van der Waals surface area contributed by atoms with Gasteiger partial charge in [0.25, 0.3) is 0 Å². The van der Waals surface area contributed by atoms with Crippen molar-refractivity contribution in [2.45, 2.75) is 204 Å². The number of benzene rings is 6. The molecule has 3 N–H and O–H groups in total. The van der Waals surface area contributed by atoms with Crippen molar-refractivity contribution in [3.63, 3.8) is 0 Å². The molecule has 0 atom stereocenters. The minimum absolute atomic E-state index is 0. The minimum atomic E-state index is 0. The van der Waals surface area contributed by atoms with E-state index in [9.17, 15) is 0 Å². The van der Waals surface area contributed by atoms with Crippen LogP contribution in [0.4, 0.5) is 34.1 Å². The summed E-state index contributed by atoms with van der Waals surface area (Å²) in [4.78, 5) is 0. The number of hydrogen-bond acceptors (Lipinski definition) is 1. The van der Waals surface area contributed by atoms with Crippen molar-refractivity contribution in [2.24, 2.45) is 5.73 Å². The summed E-state index contributed by atoms with van der Waals surface area (Å²) in [6.45, 7) is 44.9. The third-order valence-corrected chi connectivity index (χ3v) is 13.6. The molecule has 0 heterocycles. The quantitative estimate of drug-likeness (QED) is 0.115. The van der Waals surface area contributed by atoms with Crippen molar-refractivity contribution in [1.29, 1.82) is 0 Å². The van der Waals surface area contributed by atoms with Crippen molar-refractivity contribution < 1.29 is 116 Å². The van der Waals surface area contributed by atoms with Crippen LogP contribution < -0.4 is 5.73 Å². The Bertz CT molecular complexity index is 2350. The summed E-state index contributed by atoms with van der Waals surface area (Å²) in [5.74, 6) is 0. The van der Waals surface area contributed by atoms with E-state index in [1.54, 1.807) is 6.07 Å². The number of nitrogens with zero attached hydrogens (tertiary/aromatic N) is 5. The summed E-state index contributed by atoms with van der Waals surface area (Å²) in [6.07, 6.45) is 1.25. The Labute approximate surface area is 623 Å². The number of nitrogens with two attached hydrogens (primary N) is 1. The normalized spacial score (nSPS) is 7.42.